The van der Waals surface area contributed by atoms with E-state index in [-0.39, 0.29) is 23.6 Å². The summed E-state index contributed by atoms with van der Waals surface area (Å²) in [5.74, 6) is 8.82. The molecule has 0 radical (unpaired) electrons. The molecule has 3 nitrogen and oxygen atoms in total. The van der Waals surface area contributed by atoms with Crippen LogP contribution in [0.2, 0.25) is 0 Å². The molecule has 0 spiro atoms. The second-order valence-electron chi connectivity index (χ2n) is 7.46. The largest absolute Gasteiger partial charge is 0.481 e. The number of carboxylic acid groups (broad SMARTS) is 1. The first kappa shape index (κ1) is 20.9. The van der Waals surface area contributed by atoms with Gasteiger partial charge in [-0.2, -0.15) is 11.8 Å². The molecule has 2 aliphatic rings. The number of carboxylic acids is 1. The summed E-state index contributed by atoms with van der Waals surface area (Å²) >= 11 is 8.28. The summed E-state index contributed by atoms with van der Waals surface area (Å²) in [5, 5.41) is 19.0. The molecule has 0 aromatic carbocycles. The van der Waals surface area contributed by atoms with E-state index in [0.717, 1.165) is 36.7 Å². The molecule has 142 valence electrons. The Balaban J connectivity index is 1.74. The highest BCUT2D eigenvalue weighted by Crippen LogP contribution is 2.38. The van der Waals surface area contributed by atoms with Crippen molar-refractivity contribution < 1.29 is 15.0 Å². The van der Waals surface area contributed by atoms with Crippen LogP contribution in [0.4, 0.5) is 0 Å². The van der Waals surface area contributed by atoms with Gasteiger partial charge in [0.2, 0.25) is 0 Å². The molecule has 0 unspecified atom stereocenters. The van der Waals surface area contributed by atoms with Crippen molar-refractivity contribution in [3.8, 4) is 11.8 Å². The molecular weight excluding hydrogens is 356 g/mol. The molecule has 2 rings (SSSR count). The van der Waals surface area contributed by atoms with Crippen LogP contribution in [0.3, 0.4) is 0 Å². The van der Waals surface area contributed by atoms with E-state index < -0.39 is 12.1 Å². The van der Waals surface area contributed by atoms with Crippen molar-refractivity contribution in [1.82, 2.24) is 0 Å². The lowest BCUT2D eigenvalue weighted by molar-refractivity contribution is -0.137. The van der Waals surface area contributed by atoms with E-state index in [1.807, 2.05) is 11.8 Å². The molecule has 2 aliphatic carbocycles. The summed E-state index contributed by atoms with van der Waals surface area (Å²) < 4.78 is 0. The molecule has 4 atom stereocenters. The van der Waals surface area contributed by atoms with Crippen molar-refractivity contribution in [2.24, 2.45) is 17.8 Å². The fraction of sp³-hybridized carbons (Fsp3) is 0.850. The van der Waals surface area contributed by atoms with E-state index in [4.69, 9.17) is 16.7 Å². The lowest BCUT2D eigenvalue weighted by Crippen LogP contribution is -2.21. The Morgan fingerprint density at radius 2 is 1.96 bits per heavy atom. The molecule has 0 amide bonds. The predicted molar refractivity (Wildman–Crippen MR) is 105 cm³/mol. The lowest BCUT2D eigenvalue weighted by Gasteiger charge is -2.20. The maximum atomic E-state index is 10.5. The number of aliphatic hydroxyl groups is 1. The van der Waals surface area contributed by atoms with E-state index in [1.54, 1.807) is 0 Å². The second-order valence-corrected chi connectivity index (χ2v) is 9.17. The number of rotatable bonds is 8. The van der Waals surface area contributed by atoms with Crippen LogP contribution in [0.5, 0.6) is 0 Å². The first-order chi connectivity index (χ1) is 12.1. The Hall–Kier alpha value is -0.370. The third kappa shape index (κ3) is 7.41. The Morgan fingerprint density at radius 3 is 2.68 bits per heavy atom. The minimum atomic E-state index is -0.724. The first-order valence-corrected chi connectivity index (χ1v) is 11.3. The molecule has 25 heavy (non-hydrogen) atoms. The molecule has 2 fully saturated rings. The predicted octanol–water partition coefficient (Wildman–Crippen LogP) is 4.55. The molecule has 0 aromatic heterocycles. The summed E-state index contributed by atoms with van der Waals surface area (Å²) in [5.41, 5.74) is 0. The topological polar surface area (TPSA) is 57.5 Å². The van der Waals surface area contributed by atoms with Gasteiger partial charge in [0.05, 0.1) is 12.0 Å². The van der Waals surface area contributed by atoms with Crippen LogP contribution in [0, 0.1) is 29.6 Å². The monoisotopic (exact) mass is 386 g/mol. The van der Waals surface area contributed by atoms with E-state index >= 15 is 0 Å². The van der Waals surface area contributed by atoms with E-state index in [1.165, 1.54) is 32.1 Å². The van der Waals surface area contributed by atoms with Crippen LogP contribution < -0.4 is 0 Å². The zero-order valence-electron chi connectivity index (χ0n) is 15.0. The van der Waals surface area contributed by atoms with Gasteiger partial charge in [-0.05, 0) is 49.5 Å². The number of unbranched alkanes of at least 4 members (excludes halogenated alkanes) is 1. The third-order valence-corrected chi connectivity index (χ3v) is 7.13. The van der Waals surface area contributed by atoms with Crippen molar-refractivity contribution >= 4 is 29.3 Å². The van der Waals surface area contributed by atoms with Crippen LogP contribution in [-0.4, -0.2) is 39.2 Å². The zero-order chi connectivity index (χ0) is 18.1. The number of thioether (sulfide) groups is 1. The van der Waals surface area contributed by atoms with Gasteiger partial charge >= 0.3 is 5.97 Å². The highest BCUT2D eigenvalue weighted by molar-refractivity contribution is 7.99. The van der Waals surface area contributed by atoms with Gasteiger partial charge in [0.1, 0.15) is 0 Å². The molecular formula is C20H31ClO3S. The fourth-order valence-electron chi connectivity index (χ4n) is 3.89. The zero-order valence-corrected chi connectivity index (χ0v) is 16.5. The number of hydrogen-bond donors (Lipinski definition) is 2. The van der Waals surface area contributed by atoms with Gasteiger partial charge in [-0.25, -0.2) is 0 Å². The van der Waals surface area contributed by atoms with Crippen molar-refractivity contribution in [3.05, 3.63) is 0 Å². The number of aliphatic carboxylic acids is 1. The summed E-state index contributed by atoms with van der Waals surface area (Å²) in [4.78, 5) is 10.5. The lowest BCUT2D eigenvalue weighted by atomic mass is 9.87. The SMILES string of the molecule is O=C(O)CCCCSC[C@@H]1[C@@H](C#CCC2CCCCC2)[C@H](O)C[C@H]1Cl. The van der Waals surface area contributed by atoms with Crippen LogP contribution in [-0.2, 0) is 4.79 Å². The van der Waals surface area contributed by atoms with Crippen LogP contribution >= 0.6 is 23.4 Å². The van der Waals surface area contributed by atoms with Gasteiger partial charge in [-0.1, -0.05) is 25.2 Å². The maximum absolute atomic E-state index is 10.5. The molecule has 0 bridgehead atoms. The Morgan fingerprint density at radius 1 is 1.20 bits per heavy atom. The van der Waals surface area contributed by atoms with E-state index in [0.29, 0.717) is 6.42 Å². The quantitative estimate of drug-likeness (QED) is 0.365. The smallest absolute Gasteiger partial charge is 0.303 e. The summed E-state index contributed by atoms with van der Waals surface area (Å²) in [6.45, 7) is 0. The van der Waals surface area contributed by atoms with Gasteiger partial charge in [-0.15, -0.1) is 17.5 Å². The number of aliphatic hydroxyl groups excluding tert-OH is 1. The Bertz CT molecular complexity index is 467. The standard InChI is InChI=1S/C20H31ClO3S/c21-18-13-19(22)16(10-6-9-15-7-2-1-3-8-15)17(18)14-25-12-5-4-11-20(23)24/h15-19,22H,1-5,7-9,11-14H2,(H,23,24)/t16-,17-,18-,19-/m1/s1. The number of hydrogen-bond acceptors (Lipinski definition) is 3. The van der Waals surface area contributed by atoms with Gasteiger partial charge in [0, 0.05) is 24.1 Å². The molecule has 0 aliphatic heterocycles. The van der Waals surface area contributed by atoms with Crippen molar-refractivity contribution in [2.75, 3.05) is 11.5 Å². The van der Waals surface area contributed by atoms with Gasteiger partial charge in [0.25, 0.3) is 0 Å². The van der Waals surface area contributed by atoms with Crippen LogP contribution in [0.25, 0.3) is 0 Å². The summed E-state index contributed by atoms with van der Waals surface area (Å²) in [6, 6.07) is 0. The van der Waals surface area contributed by atoms with E-state index in [2.05, 4.69) is 11.8 Å². The van der Waals surface area contributed by atoms with Crippen molar-refractivity contribution in [3.63, 3.8) is 0 Å². The van der Waals surface area contributed by atoms with Gasteiger partial charge in [-0.3, -0.25) is 4.79 Å². The normalized spacial score (nSPS) is 30.0. The molecule has 2 saturated carbocycles. The average molecular weight is 387 g/mol. The second kappa shape index (κ2) is 11.4. The first-order valence-electron chi connectivity index (χ1n) is 9.68. The minimum absolute atomic E-state index is 0.00221. The van der Waals surface area contributed by atoms with Gasteiger partial charge < -0.3 is 10.2 Å². The van der Waals surface area contributed by atoms with Crippen LogP contribution in [0.15, 0.2) is 0 Å². The summed E-state index contributed by atoms with van der Waals surface area (Å²) in [7, 11) is 0. The van der Waals surface area contributed by atoms with E-state index in [9.17, 15) is 9.90 Å². The molecule has 5 heteroatoms. The highest BCUT2D eigenvalue weighted by Gasteiger charge is 2.40. The minimum Gasteiger partial charge on any atom is -0.481 e. The molecule has 0 saturated heterocycles. The summed E-state index contributed by atoms with van der Waals surface area (Å²) in [6.07, 6.45) is 9.72. The third-order valence-electron chi connectivity index (χ3n) is 5.43. The van der Waals surface area contributed by atoms with Gasteiger partial charge in [0.15, 0.2) is 0 Å². The number of halogens is 1. The van der Waals surface area contributed by atoms with Crippen molar-refractivity contribution in [2.45, 2.75) is 75.7 Å². The molecule has 0 aromatic rings. The highest BCUT2D eigenvalue weighted by atomic mass is 35.5. The number of alkyl halides is 1. The average Bonchev–Trinajstić information content (AvgIpc) is 2.85. The fourth-order valence-corrected chi connectivity index (χ4v) is 5.71. The molecule has 2 N–H and O–H groups in total. The van der Waals surface area contributed by atoms with Crippen LogP contribution in [0.1, 0.15) is 64.2 Å². The maximum Gasteiger partial charge on any atom is 0.303 e. The number of carbonyl (C=O) groups is 1. The Kier molecular flexibility index (Phi) is 9.52. The Labute approximate surface area is 161 Å². The van der Waals surface area contributed by atoms with Crippen molar-refractivity contribution in [1.29, 1.82) is 0 Å². The molecule has 0 heterocycles.